The lowest BCUT2D eigenvalue weighted by atomic mass is 10.2. The Bertz CT molecular complexity index is 894. The van der Waals surface area contributed by atoms with Crippen molar-refractivity contribution in [1.29, 1.82) is 0 Å². The summed E-state index contributed by atoms with van der Waals surface area (Å²) in [6.07, 6.45) is 3.45. The average molecular weight is 436 g/mol. The number of rotatable bonds is 3. The highest BCUT2D eigenvalue weighted by atomic mass is 79.9. The van der Waals surface area contributed by atoms with Crippen molar-refractivity contribution in [2.45, 2.75) is 0 Å². The van der Waals surface area contributed by atoms with Gasteiger partial charge in [0.05, 0.1) is 11.9 Å². The third kappa shape index (κ3) is 3.30. The van der Waals surface area contributed by atoms with Crippen molar-refractivity contribution in [2.75, 3.05) is 5.73 Å². The van der Waals surface area contributed by atoms with Crippen LogP contribution in [0.3, 0.4) is 0 Å². The van der Waals surface area contributed by atoms with E-state index in [-0.39, 0.29) is 5.91 Å². The van der Waals surface area contributed by atoms with Gasteiger partial charge < -0.3 is 10.7 Å². The number of carbonyl (C=O) groups is 1. The lowest BCUT2D eigenvalue weighted by Crippen LogP contribution is -2.17. The summed E-state index contributed by atoms with van der Waals surface area (Å²) in [4.78, 5) is 15.3. The number of anilines is 1. The first kappa shape index (κ1) is 15.8. The van der Waals surface area contributed by atoms with Crippen LogP contribution in [-0.2, 0) is 0 Å². The first-order chi connectivity index (χ1) is 11.1. The Morgan fingerprint density at radius 1 is 1.22 bits per heavy atom. The van der Waals surface area contributed by atoms with Gasteiger partial charge in [0.25, 0.3) is 5.91 Å². The van der Waals surface area contributed by atoms with Crippen molar-refractivity contribution in [2.24, 2.45) is 5.10 Å². The van der Waals surface area contributed by atoms with Crippen molar-refractivity contribution in [3.05, 3.63) is 62.7 Å². The van der Waals surface area contributed by atoms with E-state index in [1.807, 2.05) is 30.5 Å². The number of aromatic nitrogens is 1. The fraction of sp³-hybridized carbons (Fsp3) is 0. The number of H-pyrrole nitrogens is 1. The molecule has 0 saturated carbocycles. The molecule has 116 valence electrons. The molecule has 0 spiro atoms. The van der Waals surface area contributed by atoms with E-state index >= 15 is 0 Å². The van der Waals surface area contributed by atoms with Gasteiger partial charge in [-0.05, 0) is 50.1 Å². The second kappa shape index (κ2) is 6.55. The van der Waals surface area contributed by atoms with Crippen molar-refractivity contribution >= 4 is 60.6 Å². The molecule has 0 aliphatic carbocycles. The van der Waals surface area contributed by atoms with Crippen molar-refractivity contribution < 1.29 is 4.79 Å². The Labute approximate surface area is 149 Å². The van der Waals surface area contributed by atoms with Crippen LogP contribution in [0.15, 0.2) is 56.6 Å². The number of aromatic amines is 1. The number of hydrazone groups is 1. The van der Waals surface area contributed by atoms with Crippen LogP contribution in [0.5, 0.6) is 0 Å². The molecule has 1 heterocycles. The molecular formula is C16H12Br2N4O. The fourth-order valence-electron chi connectivity index (χ4n) is 2.14. The predicted molar refractivity (Wildman–Crippen MR) is 99.6 cm³/mol. The van der Waals surface area contributed by atoms with Crippen molar-refractivity contribution in [3.63, 3.8) is 0 Å². The summed E-state index contributed by atoms with van der Waals surface area (Å²) in [5, 5.41) is 5.06. The monoisotopic (exact) mass is 434 g/mol. The number of hydrogen-bond acceptors (Lipinski definition) is 3. The predicted octanol–water partition coefficient (Wildman–Crippen LogP) is 4.04. The standard InChI is InChI=1S/C16H12Br2N4O/c17-12-5-9(6-13(18)15(12)19)16(23)22-21-8-10-7-20-14-4-2-1-3-11(10)14/h1-8,20H,19H2,(H,22,23)/b21-8-. The Morgan fingerprint density at radius 3 is 2.65 bits per heavy atom. The molecule has 4 N–H and O–H groups in total. The second-order valence-corrected chi connectivity index (χ2v) is 6.55. The number of benzene rings is 2. The largest absolute Gasteiger partial charge is 0.397 e. The molecule has 0 aliphatic heterocycles. The van der Waals surface area contributed by atoms with E-state index < -0.39 is 0 Å². The molecule has 0 atom stereocenters. The minimum Gasteiger partial charge on any atom is -0.397 e. The smallest absolute Gasteiger partial charge is 0.271 e. The van der Waals surface area contributed by atoms with Gasteiger partial charge in [-0.15, -0.1) is 0 Å². The Hall–Kier alpha value is -2.12. The average Bonchev–Trinajstić information content (AvgIpc) is 2.95. The van der Waals surface area contributed by atoms with E-state index in [0.29, 0.717) is 20.2 Å². The quantitative estimate of drug-likeness (QED) is 0.329. The normalized spacial score (nSPS) is 11.2. The molecular weight excluding hydrogens is 424 g/mol. The molecule has 1 amide bonds. The Balaban J connectivity index is 1.76. The van der Waals surface area contributed by atoms with Crippen LogP contribution in [0.2, 0.25) is 0 Å². The fourth-order valence-corrected chi connectivity index (χ4v) is 3.33. The topological polar surface area (TPSA) is 83.3 Å². The number of para-hydroxylation sites is 1. The summed E-state index contributed by atoms with van der Waals surface area (Å²) >= 11 is 6.63. The summed E-state index contributed by atoms with van der Waals surface area (Å²) in [5.74, 6) is -0.317. The third-order valence-corrected chi connectivity index (χ3v) is 4.64. The molecule has 0 unspecified atom stereocenters. The zero-order valence-electron chi connectivity index (χ0n) is 11.8. The number of amides is 1. The van der Waals surface area contributed by atoms with E-state index in [0.717, 1.165) is 16.5 Å². The summed E-state index contributed by atoms with van der Waals surface area (Å²) < 4.78 is 1.30. The van der Waals surface area contributed by atoms with Crippen LogP contribution in [0.1, 0.15) is 15.9 Å². The van der Waals surface area contributed by atoms with Crippen LogP contribution < -0.4 is 11.2 Å². The van der Waals surface area contributed by atoms with Gasteiger partial charge in [-0.1, -0.05) is 18.2 Å². The molecule has 3 aromatic rings. The number of nitrogens with two attached hydrogens (primary N) is 1. The van der Waals surface area contributed by atoms with Crippen LogP contribution in [-0.4, -0.2) is 17.1 Å². The Kier molecular flexibility index (Phi) is 4.49. The summed E-state index contributed by atoms with van der Waals surface area (Å²) in [5.41, 5.74) is 11.2. The molecule has 0 bridgehead atoms. The van der Waals surface area contributed by atoms with Gasteiger partial charge in [0.1, 0.15) is 0 Å². The minimum atomic E-state index is -0.317. The first-order valence-corrected chi connectivity index (χ1v) is 8.29. The molecule has 3 rings (SSSR count). The molecule has 5 nitrogen and oxygen atoms in total. The second-order valence-electron chi connectivity index (χ2n) is 4.84. The zero-order chi connectivity index (χ0) is 16.4. The van der Waals surface area contributed by atoms with Crippen molar-refractivity contribution in [3.8, 4) is 0 Å². The van der Waals surface area contributed by atoms with E-state index in [2.05, 4.69) is 47.4 Å². The maximum Gasteiger partial charge on any atom is 0.271 e. The van der Waals surface area contributed by atoms with E-state index in [4.69, 9.17) is 5.73 Å². The molecule has 0 fully saturated rings. The Morgan fingerprint density at radius 2 is 1.91 bits per heavy atom. The van der Waals surface area contributed by atoms with Gasteiger partial charge in [-0.3, -0.25) is 4.79 Å². The molecule has 7 heteroatoms. The van der Waals surface area contributed by atoms with Gasteiger partial charge in [0.15, 0.2) is 0 Å². The number of nitrogens with one attached hydrogen (secondary N) is 2. The molecule has 0 aliphatic rings. The number of fused-ring (bicyclic) bond motifs is 1. The van der Waals surface area contributed by atoms with Gasteiger partial charge in [0, 0.05) is 37.2 Å². The minimum absolute atomic E-state index is 0.317. The maximum absolute atomic E-state index is 12.1. The van der Waals surface area contributed by atoms with Crippen LogP contribution in [0.4, 0.5) is 5.69 Å². The number of nitrogens with zero attached hydrogens (tertiary/aromatic N) is 1. The summed E-state index contributed by atoms with van der Waals surface area (Å²) in [6.45, 7) is 0. The lowest BCUT2D eigenvalue weighted by molar-refractivity contribution is 0.0955. The number of halogens is 2. The number of hydrogen-bond donors (Lipinski definition) is 3. The third-order valence-electron chi connectivity index (χ3n) is 3.33. The highest BCUT2D eigenvalue weighted by molar-refractivity contribution is 9.11. The summed E-state index contributed by atoms with van der Waals surface area (Å²) in [6, 6.07) is 11.2. The molecule has 0 saturated heterocycles. The van der Waals surface area contributed by atoms with E-state index in [1.165, 1.54) is 0 Å². The molecule has 0 radical (unpaired) electrons. The van der Waals surface area contributed by atoms with Crippen molar-refractivity contribution in [1.82, 2.24) is 10.4 Å². The molecule has 23 heavy (non-hydrogen) atoms. The SMILES string of the molecule is Nc1c(Br)cc(C(=O)N/N=C\c2c[nH]c3ccccc23)cc1Br. The number of carbonyl (C=O) groups excluding carboxylic acids is 1. The van der Waals surface area contributed by atoms with Crippen LogP contribution >= 0.6 is 31.9 Å². The lowest BCUT2D eigenvalue weighted by Gasteiger charge is -2.05. The molecule has 2 aromatic carbocycles. The van der Waals surface area contributed by atoms with Crippen LogP contribution in [0, 0.1) is 0 Å². The number of nitrogen functional groups attached to an aromatic ring is 1. The summed E-state index contributed by atoms with van der Waals surface area (Å²) in [7, 11) is 0. The van der Waals surface area contributed by atoms with Gasteiger partial charge >= 0.3 is 0 Å². The van der Waals surface area contributed by atoms with E-state index in [9.17, 15) is 4.79 Å². The van der Waals surface area contributed by atoms with Gasteiger partial charge in [-0.25, -0.2) is 5.43 Å². The van der Waals surface area contributed by atoms with E-state index in [1.54, 1.807) is 18.3 Å². The maximum atomic E-state index is 12.1. The van der Waals surface area contributed by atoms with Crippen LogP contribution in [0.25, 0.3) is 10.9 Å². The van der Waals surface area contributed by atoms with Gasteiger partial charge in [0.2, 0.25) is 0 Å². The molecule has 1 aromatic heterocycles. The van der Waals surface area contributed by atoms with Gasteiger partial charge in [-0.2, -0.15) is 5.10 Å². The highest BCUT2D eigenvalue weighted by Gasteiger charge is 2.10. The highest BCUT2D eigenvalue weighted by Crippen LogP contribution is 2.29. The zero-order valence-corrected chi connectivity index (χ0v) is 15.0. The first-order valence-electron chi connectivity index (χ1n) is 6.70.